The summed E-state index contributed by atoms with van der Waals surface area (Å²) in [6, 6.07) is 17.3. The van der Waals surface area contributed by atoms with Gasteiger partial charge in [0.25, 0.3) is 5.69 Å². The van der Waals surface area contributed by atoms with E-state index >= 15 is 0 Å². The number of ether oxygens (including phenoxy) is 2. The Bertz CT molecular complexity index is 1140. The molecule has 32 heavy (non-hydrogen) atoms. The standard InChI is InChI=1S/C24H25N3O5/c1-24(2,3)19-12-18(32-15-16-8-6-5-7-9-16)13-21(23(19)28)26-25-20-11-10-17(31-4)14-22(20)27(29)30/h5-14,28H,15H2,1-4H3/b26-25+. The maximum Gasteiger partial charge on any atom is 0.300 e. The maximum atomic E-state index is 11.4. The number of benzene rings is 3. The number of nitro benzene ring substituents is 1. The van der Waals surface area contributed by atoms with Crippen molar-refractivity contribution in [3.8, 4) is 17.2 Å². The van der Waals surface area contributed by atoms with Crippen molar-refractivity contribution in [1.82, 2.24) is 0 Å². The summed E-state index contributed by atoms with van der Waals surface area (Å²) in [5.41, 5.74) is 1.18. The molecule has 0 bridgehead atoms. The van der Waals surface area contributed by atoms with Crippen LogP contribution in [0.4, 0.5) is 17.1 Å². The summed E-state index contributed by atoms with van der Waals surface area (Å²) in [4.78, 5) is 10.8. The van der Waals surface area contributed by atoms with Gasteiger partial charge in [-0.05, 0) is 29.2 Å². The third kappa shape index (κ3) is 5.40. The zero-order chi connectivity index (χ0) is 23.3. The number of nitro groups is 1. The van der Waals surface area contributed by atoms with E-state index < -0.39 is 10.3 Å². The first-order valence-electron chi connectivity index (χ1n) is 9.97. The van der Waals surface area contributed by atoms with Gasteiger partial charge in [-0.25, -0.2) is 0 Å². The van der Waals surface area contributed by atoms with Gasteiger partial charge in [-0.3, -0.25) is 10.1 Å². The Morgan fingerprint density at radius 3 is 2.28 bits per heavy atom. The average Bonchev–Trinajstić information content (AvgIpc) is 2.77. The molecule has 0 saturated carbocycles. The highest BCUT2D eigenvalue weighted by Gasteiger charge is 2.23. The number of aromatic hydroxyl groups is 1. The van der Waals surface area contributed by atoms with E-state index in [9.17, 15) is 15.2 Å². The van der Waals surface area contributed by atoms with E-state index in [0.717, 1.165) is 5.56 Å². The summed E-state index contributed by atoms with van der Waals surface area (Å²) in [7, 11) is 1.42. The predicted octanol–water partition coefficient (Wildman–Crippen LogP) is 6.60. The molecule has 1 N–H and O–H groups in total. The van der Waals surface area contributed by atoms with E-state index in [2.05, 4.69) is 10.2 Å². The predicted molar refractivity (Wildman–Crippen MR) is 121 cm³/mol. The normalized spacial score (nSPS) is 11.5. The van der Waals surface area contributed by atoms with Crippen LogP contribution >= 0.6 is 0 Å². The van der Waals surface area contributed by atoms with Gasteiger partial charge in [-0.15, -0.1) is 10.2 Å². The first kappa shape index (κ1) is 22.7. The molecule has 8 nitrogen and oxygen atoms in total. The van der Waals surface area contributed by atoms with Crippen LogP contribution < -0.4 is 9.47 Å². The number of methoxy groups -OCH3 is 1. The lowest BCUT2D eigenvalue weighted by Crippen LogP contribution is -2.11. The maximum absolute atomic E-state index is 11.4. The Balaban J connectivity index is 1.99. The smallest absolute Gasteiger partial charge is 0.300 e. The lowest BCUT2D eigenvalue weighted by Gasteiger charge is -2.22. The van der Waals surface area contributed by atoms with Crippen molar-refractivity contribution in [2.75, 3.05) is 7.11 Å². The van der Waals surface area contributed by atoms with Crippen molar-refractivity contribution in [3.05, 3.63) is 81.9 Å². The van der Waals surface area contributed by atoms with E-state index in [1.54, 1.807) is 18.2 Å². The van der Waals surface area contributed by atoms with Crippen LogP contribution in [0.25, 0.3) is 0 Å². The number of phenols is 1. The highest BCUT2D eigenvalue weighted by Crippen LogP contribution is 2.42. The number of hydrogen-bond acceptors (Lipinski definition) is 7. The molecule has 0 aliphatic heterocycles. The fraction of sp³-hybridized carbons (Fsp3) is 0.250. The minimum atomic E-state index is -0.559. The molecule has 0 aliphatic rings. The average molecular weight is 435 g/mol. The monoisotopic (exact) mass is 435 g/mol. The van der Waals surface area contributed by atoms with Gasteiger partial charge in [-0.2, -0.15) is 0 Å². The molecule has 0 heterocycles. The summed E-state index contributed by atoms with van der Waals surface area (Å²) in [6.45, 7) is 6.21. The molecule has 0 amide bonds. The highest BCUT2D eigenvalue weighted by atomic mass is 16.6. The molecule has 3 aromatic rings. The largest absolute Gasteiger partial charge is 0.505 e. The molecule has 0 unspecified atom stereocenters. The third-order valence-corrected chi connectivity index (χ3v) is 4.76. The van der Waals surface area contributed by atoms with E-state index in [4.69, 9.17) is 9.47 Å². The first-order valence-corrected chi connectivity index (χ1v) is 9.97. The van der Waals surface area contributed by atoms with Crippen LogP contribution in [-0.2, 0) is 12.0 Å². The van der Waals surface area contributed by atoms with Crippen molar-refractivity contribution in [2.45, 2.75) is 32.8 Å². The molecule has 3 aromatic carbocycles. The minimum Gasteiger partial charge on any atom is -0.505 e. The van der Waals surface area contributed by atoms with Gasteiger partial charge in [0.05, 0.1) is 18.1 Å². The fourth-order valence-electron chi connectivity index (χ4n) is 3.03. The van der Waals surface area contributed by atoms with Gasteiger partial charge < -0.3 is 14.6 Å². The van der Waals surface area contributed by atoms with Crippen LogP contribution in [0.2, 0.25) is 0 Å². The Hall–Kier alpha value is -3.94. The number of rotatable bonds is 7. The van der Waals surface area contributed by atoms with Crippen LogP contribution in [0.5, 0.6) is 17.2 Å². The van der Waals surface area contributed by atoms with Crippen molar-refractivity contribution in [2.24, 2.45) is 10.2 Å². The van der Waals surface area contributed by atoms with Gasteiger partial charge in [-0.1, -0.05) is 51.1 Å². The fourth-order valence-corrected chi connectivity index (χ4v) is 3.03. The van der Waals surface area contributed by atoms with Crippen LogP contribution in [0, 0.1) is 10.1 Å². The Labute approximate surface area is 186 Å². The van der Waals surface area contributed by atoms with E-state index in [1.807, 2.05) is 51.1 Å². The molecule has 0 atom stereocenters. The van der Waals surface area contributed by atoms with E-state index in [-0.39, 0.29) is 22.8 Å². The first-order chi connectivity index (χ1) is 15.2. The van der Waals surface area contributed by atoms with Crippen LogP contribution in [0.3, 0.4) is 0 Å². The molecule has 8 heteroatoms. The van der Waals surface area contributed by atoms with Crippen LogP contribution in [0.15, 0.2) is 70.9 Å². The van der Waals surface area contributed by atoms with Gasteiger partial charge in [0.1, 0.15) is 29.5 Å². The van der Waals surface area contributed by atoms with Crippen molar-refractivity contribution in [3.63, 3.8) is 0 Å². The Morgan fingerprint density at radius 1 is 0.969 bits per heavy atom. The summed E-state index contributed by atoms with van der Waals surface area (Å²) >= 11 is 0. The molecule has 0 saturated heterocycles. The molecule has 0 radical (unpaired) electrons. The molecular weight excluding hydrogens is 410 g/mol. The van der Waals surface area contributed by atoms with E-state index in [1.165, 1.54) is 19.2 Å². The topological polar surface area (TPSA) is 107 Å². The summed E-state index contributed by atoms with van der Waals surface area (Å²) in [5.74, 6) is 0.795. The summed E-state index contributed by atoms with van der Waals surface area (Å²) in [6.07, 6.45) is 0. The molecule has 0 spiro atoms. The molecule has 0 aliphatic carbocycles. The number of hydrogen-bond donors (Lipinski definition) is 1. The van der Waals surface area contributed by atoms with Gasteiger partial charge in [0.15, 0.2) is 5.69 Å². The lowest BCUT2D eigenvalue weighted by molar-refractivity contribution is -0.384. The number of phenolic OH excluding ortho intramolecular Hbond substituents is 1. The third-order valence-electron chi connectivity index (χ3n) is 4.76. The molecule has 0 fully saturated rings. The zero-order valence-corrected chi connectivity index (χ0v) is 18.4. The summed E-state index contributed by atoms with van der Waals surface area (Å²) < 4.78 is 11.0. The highest BCUT2D eigenvalue weighted by molar-refractivity contribution is 5.63. The lowest BCUT2D eigenvalue weighted by atomic mass is 9.86. The Kier molecular flexibility index (Phi) is 6.73. The van der Waals surface area contributed by atoms with Gasteiger partial charge in [0.2, 0.25) is 0 Å². The van der Waals surface area contributed by atoms with Crippen molar-refractivity contribution < 1.29 is 19.5 Å². The molecule has 3 rings (SSSR count). The second kappa shape index (κ2) is 9.47. The van der Waals surface area contributed by atoms with Crippen LogP contribution in [-0.4, -0.2) is 17.1 Å². The van der Waals surface area contributed by atoms with E-state index in [0.29, 0.717) is 23.7 Å². The number of nitrogens with zero attached hydrogens (tertiary/aromatic N) is 3. The second-order valence-corrected chi connectivity index (χ2v) is 8.17. The van der Waals surface area contributed by atoms with Gasteiger partial charge in [0, 0.05) is 11.6 Å². The quantitative estimate of drug-likeness (QED) is 0.255. The molecule has 166 valence electrons. The minimum absolute atomic E-state index is 0.0446. The van der Waals surface area contributed by atoms with Gasteiger partial charge >= 0.3 is 0 Å². The van der Waals surface area contributed by atoms with Crippen LogP contribution in [0.1, 0.15) is 31.9 Å². The SMILES string of the molecule is COc1ccc(/N=N/c2cc(OCc3ccccc3)cc(C(C)(C)C)c2O)c([N+](=O)[O-])c1. The Morgan fingerprint density at radius 2 is 1.66 bits per heavy atom. The van der Waals surface area contributed by atoms with Crippen molar-refractivity contribution in [1.29, 1.82) is 0 Å². The zero-order valence-electron chi connectivity index (χ0n) is 18.4. The summed E-state index contributed by atoms with van der Waals surface area (Å²) in [5, 5.41) is 30.4. The molecular formula is C24H25N3O5. The second-order valence-electron chi connectivity index (χ2n) is 8.17. The molecule has 0 aromatic heterocycles. The van der Waals surface area contributed by atoms with Crippen molar-refractivity contribution >= 4 is 17.1 Å². The number of azo groups is 1.